The van der Waals surface area contributed by atoms with E-state index in [4.69, 9.17) is 0 Å². The minimum Gasteiger partial charge on any atom is -0.253 e. The Morgan fingerprint density at radius 1 is 1.23 bits per heavy atom. The molecule has 0 amide bonds. The van der Waals surface area contributed by atoms with E-state index in [0.717, 1.165) is 35.1 Å². The van der Waals surface area contributed by atoms with Gasteiger partial charge in [0.2, 0.25) is 0 Å². The highest BCUT2D eigenvalue weighted by Crippen LogP contribution is 2.21. The Kier molecular flexibility index (Phi) is 4.75. The minimum atomic E-state index is 0.680. The number of nitrogens with zero attached hydrogens (tertiary/aromatic N) is 6. The van der Waals surface area contributed by atoms with Gasteiger partial charge in [0, 0.05) is 24.2 Å². The average Bonchev–Trinajstić information content (AvgIpc) is 3.05. The Morgan fingerprint density at radius 2 is 2.18 bits per heavy atom. The largest absolute Gasteiger partial charge is 0.253 e. The van der Waals surface area contributed by atoms with Crippen LogP contribution in [0.2, 0.25) is 0 Å². The van der Waals surface area contributed by atoms with E-state index in [1.807, 2.05) is 35.9 Å². The number of aryl methyl sites for hydroxylation is 2. The highest BCUT2D eigenvalue weighted by atomic mass is 32.2. The van der Waals surface area contributed by atoms with E-state index in [0.29, 0.717) is 5.82 Å². The molecular formula is C15H16N6S. The van der Waals surface area contributed by atoms with Crippen LogP contribution in [0.3, 0.4) is 0 Å². The molecule has 3 aromatic rings. The Balaban J connectivity index is 1.63. The van der Waals surface area contributed by atoms with Gasteiger partial charge in [0.1, 0.15) is 23.4 Å². The maximum absolute atomic E-state index is 4.59. The zero-order valence-electron chi connectivity index (χ0n) is 12.3. The molecule has 0 aliphatic heterocycles. The van der Waals surface area contributed by atoms with Gasteiger partial charge >= 0.3 is 0 Å². The van der Waals surface area contributed by atoms with Gasteiger partial charge in [-0.3, -0.25) is 9.67 Å². The smallest absolute Gasteiger partial charge is 0.179 e. The van der Waals surface area contributed by atoms with Crippen LogP contribution in [0.15, 0.2) is 48.1 Å². The van der Waals surface area contributed by atoms with Crippen LogP contribution < -0.4 is 0 Å². The van der Waals surface area contributed by atoms with Crippen molar-refractivity contribution in [2.24, 2.45) is 0 Å². The fourth-order valence-corrected chi connectivity index (χ4v) is 2.86. The Hall–Kier alpha value is -2.28. The summed E-state index contributed by atoms with van der Waals surface area (Å²) in [5, 5.41) is 5.07. The highest BCUT2D eigenvalue weighted by Gasteiger charge is 2.06. The zero-order valence-corrected chi connectivity index (χ0v) is 13.1. The third-order valence-electron chi connectivity index (χ3n) is 2.97. The molecule has 0 saturated carbocycles. The van der Waals surface area contributed by atoms with Gasteiger partial charge in [0.25, 0.3) is 0 Å². The standard InChI is InChI=1S/C15H16N6S/c1-12-9-14(22-8-4-7-21-11-16-10-18-21)20-15(19-12)13-5-2-3-6-17-13/h2-3,5-6,9-11H,4,7-8H2,1H3. The quantitative estimate of drug-likeness (QED) is 0.396. The molecular weight excluding hydrogens is 296 g/mol. The van der Waals surface area contributed by atoms with E-state index < -0.39 is 0 Å². The predicted molar refractivity (Wildman–Crippen MR) is 85.4 cm³/mol. The second-order valence-corrected chi connectivity index (χ2v) is 5.86. The van der Waals surface area contributed by atoms with E-state index in [9.17, 15) is 0 Å². The van der Waals surface area contributed by atoms with Gasteiger partial charge in [-0.25, -0.2) is 15.0 Å². The fourth-order valence-electron chi connectivity index (χ4n) is 1.97. The summed E-state index contributed by atoms with van der Waals surface area (Å²) < 4.78 is 1.84. The molecule has 0 saturated heterocycles. The summed E-state index contributed by atoms with van der Waals surface area (Å²) >= 11 is 1.72. The second kappa shape index (κ2) is 7.13. The number of hydrogen-bond acceptors (Lipinski definition) is 6. The van der Waals surface area contributed by atoms with Crippen LogP contribution in [0.25, 0.3) is 11.5 Å². The molecule has 0 aliphatic rings. The van der Waals surface area contributed by atoms with Crippen molar-refractivity contribution in [2.45, 2.75) is 24.9 Å². The SMILES string of the molecule is Cc1cc(SCCCn2cncn2)nc(-c2ccccn2)n1. The molecule has 0 aromatic carbocycles. The Morgan fingerprint density at radius 3 is 2.95 bits per heavy atom. The van der Waals surface area contributed by atoms with E-state index in [-0.39, 0.29) is 0 Å². The first-order chi connectivity index (χ1) is 10.8. The van der Waals surface area contributed by atoms with Crippen molar-refractivity contribution in [1.29, 1.82) is 0 Å². The number of pyridine rings is 1. The van der Waals surface area contributed by atoms with Gasteiger partial charge in [0.15, 0.2) is 5.82 Å². The monoisotopic (exact) mass is 312 g/mol. The number of thioether (sulfide) groups is 1. The van der Waals surface area contributed by atoms with Crippen LogP contribution in [-0.4, -0.2) is 35.5 Å². The fraction of sp³-hybridized carbons (Fsp3) is 0.267. The summed E-state index contributed by atoms with van der Waals surface area (Å²) in [6.45, 7) is 2.84. The van der Waals surface area contributed by atoms with E-state index in [2.05, 4.69) is 25.0 Å². The molecule has 0 aliphatic carbocycles. The Bertz CT molecular complexity index is 714. The van der Waals surface area contributed by atoms with Crippen molar-refractivity contribution in [3.63, 3.8) is 0 Å². The van der Waals surface area contributed by atoms with Crippen molar-refractivity contribution in [3.05, 3.63) is 48.8 Å². The van der Waals surface area contributed by atoms with Crippen LogP contribution in [0.1, 0.15) is 12.1 Å². The molecule has 0 bridgehead atoms. The first kappa shape index (κ1) is 14.6. The maximum atomic E-state index is 4.59. The maximum Gasteiger partial charge on any atom is 0.179 e. The molecule has 0 fully saturated rings. The molecule has 112 valence electrons. The average molecular weight is 312 g/mol. The molecule has 0 atom stereocenters. The molecule has 22 heavy (non-hydrogen) atoms. The van der Waals surface area contributed by atoms with Crippen LogP contribution in [0.4, 0.5) is 0 Å². The summed E-state index contributed by atoms with van der Waals surface area (Å²) in [7, 11) is 0. The van der Waals surface area contributed by atoms with E-state index in [1.54, 1.807) is 30.6 Å². The van der Waals surface area contributed by atoms with Crippen LogP contribution in [0.5, 0.6) is 0 Å². The van der Waals surface area contributed by atoms with Gasteiger partial charge in [-0.2, -0.15) is 5.10 Å². The van der Waals surface area contributed by atoms with E-state index in [1.165, 1.54) is 0 Å². The third kappa shape index (κ3) is 3.88. The third-order valence-corrected chi connectivity index (χ3v) is 3.97. The van der Waals surface area contributed by atoms with Crippen molar-refractivity contribution in [1.82, 2.24) is 29.7 Å². The number of hydrogen-bond donors (Lipinski definition) is 0. The minimum absolute atomic E-state index is 0.680. The first-order valence-corrected chi connectivity index (χ1v) is 8.02. The highest BCUT2D eigenvalue weighted by molar-refractivity contribution is 7.99. The number of rotatable bonds is 6. The zero-order chi connectivity index (χ0) is 15.2. The second-order valence-electron chi connectivity index (χ2n) is 4.75. The lowest BCUT2D eigenvalue weighted by Gasteiger charge is -2.05. The summed E-state index contributed by atoms with van der Waals surface area (Å²) in [5.74, 6) is 1.65. The molecule has 0 radical (unpaired) electrons. The molecule has 0 spiro atoms. The van der Waals surface area contributed by atoms with Crippen molar-refractivity contribution in [2.75, 3.05) is 5.75 Å². The van der Waals surface area contributed by atoms with Crippen molar-refractivity contribution < 1.29 is 0 Å². The molecule has 6 nitrogen and oxygen atoms in total. The first-order valence-electron chi connectivity index (χ1n) is 7.03. The van der Waals surface area contributed by atoms with Crippen LogP contribution in [0, 0.1) is 6.92 Å². The van der Waals surface area contributed by atoms with Crippen molar-refractivity contribution >= 4 is 11.8 Å². The van der Waals surface area contributed by atoms with Crippen LogP contribution >= 0.6 is 11.8 Å². The summed E-state index contributed by atoms with van der Waals surface area (Å²) in [4.78, 5) is 17.3. The summed E-state index contributed by atoms with van der Waals surface area (Å²) in [6.07, 6.45) is 6.06. The van der Waals surface area contributed by atoms with Gasteiger partial charge in [-0.15, -0.1) is 11.8 Å². The van der Waals surface area contributed by atoms with E-state index >= 15 is 0 Å². The summed E-state index contributed by atoms with van der Waals surface area (Å²) in [6, 6.07) is 7.76. The predicted octanol–water partition coefficient (Wildman–Crippen LogP) is 2.62. The van der Waals surface area contributed by atoms with Crippen molar-refractivity contribution in [3.8, 4) is 11.5 Å². The molecule has 0 N–H and O–H groups in total. The van der Waals surface area contributed by atoms with Gasteiger partial charge < -0.3 is 0 Å². The lowest BCUT2D eigenvalue weighted by Crippen LogP contribution is -2.00. The lowest BCUT2D eigenvalue weighted by molar-refractivity contribution is 0.604. The van der Waals surface area contributed by atoms with Crippen LogP contribution in [-0.2, 0) is 6.54 Å². The molecule has 0 unspecified atom stereocenters. The summed E-state index contributed by atoms with van der Waals surface area (Å²) in [5.41, 5.74) is 1.75. The number of aromatic nitrogens is 6. The molecule has 3 heterocycles. The molecule has 3 rings (SSSR count). The normalized spacial score (nSPS) is 10.8. The molecule has 3 aromatic heterocycles. The lowest BCUT2D eigenvalue weighted by atomic mass is 10.3. The van der Waals surface area contributed by atoms with Gasteiger partial charge in [-0.05, 0) is 31.5 Å². The van der Waals surface area contributed by atoms with Gasteiger partial charge in [0.05, 0.1) is 0 Å². The Labute approximate surface area is 133 Å². The molecule has 7 heteroatoms. The topological polar surface area (TPSA) is 69.4 Å². The van der Waals surface area contributed by atoms with Gasteiger partial charge in [-0.1, -0.05) is 6.07 Å².